The smallest absolute Gasteiger partial charge is 0.330 e. The van der Waals surface area contributed by atoms with Crippen molar-refractivity contribution in [3.63, 3.8) is 0 Å². The third-order valence-electron chi connectivity index (χ3n) is 9.91. The Bertz CT molecular complexity index is 882. The molecule has 0 aliphatic rings. The van der Waals surface area contributed by atoms with Crippen molar-refractivity contribution in [2.75, 3.05) is 20.3 Å². The van der Waals surface area contributed by atoms with Crippen molar-refractivity contribution in [2.24, 2.45) is 0 Å². The Morgan fingerprint density at radius 3 is 1.18 bits per heavy atom. The van der Waals surface area contributed by atoms with Crippen LogP contribution in [0.4, 0.5) is 0 Å². The highest BCUT2D eigenvalue weighted by molar-refractivity contribution is 5.87. The van der Waals surface area contributed by atoms with E-state index in [-0.39, 0.29) is 11.7 Å². The number of esters is 1. The van der Waals surface area contributed by atoms with E-state index < -0.39 is 0 Å². The Kier molecular flexibility index (Phi) is 32.9. The van der Waals surface area contributed by atoms with Gasteiger partial charge in [0.1, 0.15) is 0 Å². The van der Waals surface area contributed by atoms with E-state index in [4.69, 9.17) is 14.6 Å². The summed E-state index contributed by atoms with van der Waals surface area (Å²) in [5, 5.41) is 18.5. The van der Waals surface area contributed by atoms with E-state index in [1.54, 1.807) is 24.3 Å². The molecule has 49 heavy (non-hydrogen) atoms. The van der Waals surface area contributed by atoms with Crippen molar-refractivity contribution in [1.82, 2.24) is 0 Å². The van der Waals surface area contributed by atoms with Gasteiger partial charge >= 0.3 is 5.97 Å². The number of aliphatic hydroxyl groups excluding tert-OH is 1. The van der Waals surface area contributed by atoms with Crippen LogP contribution in [0.15, 0.2) is 24.3 Å². The van der Waals surface area contributed by atoms with Crippen molar-refractivity contribution in [1.29, 1.82) is 0 Å². The van der Waals surface area contributed by atoms with Crippen LogP contribution in [0.3, 0.4) is 0 Å². The van der Waals surface area contributed by atoms with Crippen molar-refractivity contribution < 1.29 is 24.5 Å². The Morgan fingerprint density at radius 1 is 0.531 bits per heavy atom. The van der Waals surface area contributed by atoms with Crippen LogP contribution in [0.2, 0.25) is 0 Å². The minimum atomic E-state index is -0.334. The summed E-state index contributed by atoms with van der Waals surface area (Å²) < 4.78 is 10.4. The number of aromatic hydroxyl groups is 1. The predicted octanol–water partition coefficient (Wildman–Crippen LogP) is 13.4. The first-order valence-corrected chi connectivity index (χ1v) is 21.0. The maximum atomic E-state index is 11.9. The Balaban J connectivity index is 1.70. The monoisotopic (exact) mass is 687 g/mol. The third kappa shape index (κ3) is 30.5. The molecule has 0 heterocycles. The van der Waals surface area contributed by atoms with Crippen molar-refractivity contribution in [3.05, 3.63) is 29.8 Å². The maximum absolute atomic E-state index is 11.9. The van der Waals surface area contributed by atoms with Crippen LogP contribution in [-0.2, 0) is 9.53 Å². The Hall–Kier alpha value is -2.01. The zero-order valence-electron chi connectivity index (χ0n) is 32.0. The van der Waals surface area contributed by atoms with Gasteiger partial charge in [-0.05, 0) is 36.6 Å². The van der Waals surface area contributed by atoms with Gasteiger partial charge in [0.25, 0.3) is 0 Å². The molecule has 0 unspecified atom stereocenters. The average Bonchev–Trinajstić information content (AvgIpc) is 3.11. The van der Waals surface area contributed by atoms with Gasteiger partial charge in [0.2, 0.25) is 0 Å². The molecule has 0 saturated heterocycles. The van der Waals surface area contributed by atoms with Gasteiger partial charge < -0.3 is 19.7 Å². The molecule has 5 nitrogen and oxygen atoms in total. The van der Waals surface area contributed by atoms with E-state index >= 15 is 0 Å². The number of hydrogen-bond acceptors (Lipinski definition) is 5. The first-order valence-electron chi connectivity index (χ1n) is 21.0. The van der Waals surface area contributed by atoms with Crippen LogP contribution in [0, 0.1) is 0 Å². The predicted molar refractivity (Wildman–Crippen MR) is 209 cm³/mol. The van der Waals surface area contributed by atoms with E-state index in [1.165, 1.54) is 199 Å². The molecule has 284 valence electrons. The molecule has 1 aromatic rings. The van der Waals surface area contributed by atoms with Gasteiger partial charge in [-0.1, -0.05) is 199 Å². The van der Waals surface area contributed by atoms with Gasteiger partial charge in [0.05, 0.1) is 13.7 Å². The number of phenols is 1. The number of rotatable bonds is 37. The largest absolute Gasteiger partial charge is 0.504 e. The maximum Gasteiger partial charge on any atom is 0.330 e. The van der Waals surface area contributed by atoms with E-state index in [0.717, 1.165) is 24.8 Å². The summed E-state index contributed by atoms with van der Waals surface area (Å²) in [6.07, 6.45) is 46.7. The van der Waals surface area contributed by atoms with E-state index in [0.29, 0.717) is 19.0 Å². The second-order valence-electron chi connectivity index (χ2n) is 14.5. The molecule has 1 aromatic carbocycles. The second-order valence-corrected chi connectivity index (χ2v) is 14.5. The Morgan fingerprint density at radius 2 is 0.857 bits per heavy atom. The third-order valence-corrected chi connectivity index (χ3v) is 9.91. The summed E-state index contributed by atoms with van der Waals surface area (Å²) in [6.45, 7) is 0.834. The number of carbonyl (C=O) groups excluding carboxylic acids is 1. The van der Waals surface area contributed by atoms with Crippen LogP contribution in [0.1, 0.15) is 211 Å². The molecule has 0 fully saturated rings. The van der Waals surface area contributed by atoms with Crippen LogP contribution >= 0.6 is 0 Å². The van der Waals surface area contributed by atoms with Crippen molar-refractivity contribution in [2.45, 2.75) is 205 Å². The lowest BCUT2D eigenvalue weighted by Gasteiger charge is -2.05. The number of aliphatic hydroxyl groups is 1. The number of methoxy groups -OCH3 is 1. The average molecular weight is 687 g/mol. The van der Waals surface area contributed by atoms with Crippen molar-refractivity contribution >= 4 is 12.0 Å². The molecule has 0 aromatic heterocycles. The van der Waals surface area contributed by atoms with Crippen LogP contribution in [0.5, 0.6) is 11.5 Å². The lowest BCUT2D eigenvalue weighted by atomic mass is 10.0. The molecule has 1 rings (SSSR count). The highest BCUT2D eigenvalue weighted by Crippen LogP contribution is 2.26. The molecule has 0 bridgehead atoms. The zero-order chi connectivity index (χ0) is 35.3. The fraction of sp³-hybridized carbons (Fsp3) is 0.795. The molecule has 0 atom stereocenters. The minimum absolute atomic E-state index is 0.0801. The lowest BCUT2D eigenvalue weighted by Crippen LogP contribution is -2.02. The molecule has 0 aliphatic heterocycles. The quantitative estimate of drug-likeness (QED) is 0.0414. The summed E-state index contributed by atoms with van der Waals surface area (Å²) in [6, 6.07) is 4.96. The summed E-state index contributed by atoms with van der Waals surface area (Å²) in [5.41, 5.74) is 0.778. The van der Waals surface area contributed by atoms with Gasteiger partial charge in [-0.2, -0.15) is 0 Å². The van der Waals surface area contributed by atoms with Crippen LogP contribution < -0.4 is 4.74 Å². The highest BCUT2D eigenvalue weighted by Gasteiger charge is 2.03. The molecule has 0 spiro atoms. The first kappa shape index (κ1) is 45.0. The van der Waals surface area contributed by atoms with Gasteiger partial charge in [-0.3, -0.25) is 0 Å². The number of unbranched alkanes of at least 4 members (excludes halogenated alkanes) is 31. The molecule has 0 radical (unpaired) electrons. The summed E-state index contributed by atoms with van der Waals surface area (Å²) in [5.74, 6) is 0.131. The topological polar surface area (TPSA) is 76.0 Å². The summed E-state index contributed by atoms with van der Waals surface area (Å²) in [4.78, 5) is 11.9. The fourth-order valence-electron chi connectivity index (χ4n) is 6.70. The number of benzene rings is 1. The number of carbonyl (C=O) groups is 1. The molecule has 0 amide bonds. The molecular weight excluding hydrogens is 608 g/mol. The number of phenolic OH excluding ortho intramolecular Hbond substituents is 1. The van der Waals surface area contributed by atoms with E-state index in [2.05, 4.69) is 0 Å². The minimum Gasteiger partial charge on any atom is -0.504 e. The van der Waals surface area contributed by atoms with Gasteiger partial charge in [0.15, 0.2) is 11.5 Å². The molecular formula is C44H78O5. The molecule has 0 saturated carbocycles. The number of hydrogen-bond donors (Lipinski definition) is 2. The van der Waals surface area contributed by atoms with Gasteiger partial charge in [0, 0.05) is 12.7 Å². The zero-order valence-corrected chi connectivity index (χ0v) is 32.0. The van der Waals surface area contributed by atoms with Crippen LogP contribution in [-0.4, -0.2) is 36.5 Å². The molecule has 5 heteroatoms. The van der Waals surface area contributed by atoms with Crippen molar-refractivity contribution in [3.8, 4) is 11.5 Å². The molecule has 2 N–H and O–H groups in total. The van der Waals surface area contributed by atoms with Gasteiger partial charge in [-0.25, -0.2) is 4.79 Å². The van der Waals surface area contributed by atoms with E-state index in [1.807, 2.05) is 0 Å². The normalized spacial score (nSPS) is 11.5. The Labute approximate surface area is 303 Å². The lowest BCUT2D eigenvalue weighted by molar-refractivity contribution is -0.137. The summed E-state index contributed by atoms with van der Waals surface area (Å²) >= 11 is 0. The second kappa shape index (κ2) is 35.8. The summed E-state index contributed by atoms with van der Waals surface area (Å²) in [7, 11) is 1.50. The molecule has 0 aliphatic carbocycles. The SMILES string of the molecule is COc1cc(C=CC(=O)OCCCCCCCCCCCCCCCCCCCCCCCCCCCCCCCCCCO)ccc1O. The van der Waals surface area contributed by atoms with E-state index in [9.17, 15) is 9.90 Å². The van der Waals surface area contributed by atoms with Crippen LogP contribution in [0.25, 0.3) is 6.08 Å². The fourth-order valence-corrected chi connectivity index (χ4v) is 6.70. The standard InChI is InChI=1S/C44H78O5/c1-48-43-40-41(34-36-42(43)46)35-37-44(47)49-39-33-31-29-27-25-23-21-19-17-15-13-11-9-7-5-3-2-4-6-8-10-12-14-16-18-20-22-24-26-28-30-32-38-45/h34-37,40,45-46H,2-33,38-39H2,1H3. The number of ether oxygens (including phenoxy) is 2. The van der Waals surface area contributed by atoms with Gasteiger partial charge in [-0.15, -0.1) is 0 Å². The first-order chi connectivity index (χ1) is 24.2. The highest BCUT2D eigenvalue weighted by atomic mass is 16.5.